The van der Waals surface area contributed by atoms with Gasteiger partial charge in [-0.15, -0.1) is 0 Å². The molecule has 2 rings (SSSR count). The van der Waals surface area contributed by atoms with E-state index in [1.165, 1.54) is 5.56 Å². The molecule has 0 spiro atoms. The van der Waals surface area contributed by atoms with E-state index in [1.54, 1.807) is 17.9 Å². The van der Waals surface area contributed by atoms with Crippen LogP contribution in [0.1, 0.15) is 44.4 Å². The van der Waals surface area contributed by atoms with Gasteiger partial charge in [0.15, 0.2) is 0 Å². The first kappa shape index (κ1) is 18.2. The van der Waals surface area contributed by atoms with Crippen molar-refractivity contribution in [2.75, 3.05) is 7.05 Å². The van der Waals surface area contributed by atoms with Crippen LogP contribution in [0.25, 0.3) is 0 Å². The second-order valence-electron chi connectivity index (χ2n) is 7.03. The Kier molecular flexibility index (Phi) is 5.78. The summed E-state index contributed by atoms with van der Waals surface area (Å²) < 4.78 is 1.70. The van der Waals surface area contributed by atoms with Crippen molar-refractivity contribution in [3.05, 3.63) is 53.9 Å². The van der Waals surface area contributed by atoms with Crippen molar-refractivity contribution in [2.45, 2.75) is 44.7 Å². The number of carbonyl (C=O) groups excluding carboxylic acids is 1. The van der Waals surface area contributed by atoms with Crippen molar-refractivity contribution in [3.63, 3.8) is 0 Å². The fourth-order valence-corrected chi connectivity index (χ4v) is 3.19. The first-order valence-corrected chi connectivity index (χ1v) is 8.35. The molecule has 0 saturated heterocycles. The molecule has 5 heteroatoms. The normalized spacial score (nSPS) is 14.2. The van der Waals surface area contributed by atoms with Crippen molar-refractivity contribution in [3.8, 4) is 0 Å². The van der Waals surface area contributed by atoms with Gasteiger partial charge < -0.3 is 10.6 Å². The Balaban J connectivity index is 2.00. The SMILES string of the molecule is CNC(C(=O)NC(C)CC(C)(C)c1ccccc1)c1cnn(C)c1. The largest absolute Gasteiger partial charge is 0.352 e. The molecular formula is C19H28N4O. The second-order valence-corrected chi connectivity index (χ2v) is 7.03. The fourth-order valence-electron chi connectivity index (χ4n) is 3.19. The number of rotatable bonds is 7. The minimum Gasteiger partial charge on any atom is -0.352 e. The molecule has 0 radical (unpaired) electrons. The van der Waals surface area contributed by atoms with Crippen LogP contribution in [-0.2, 0) is 17.3 Å². The average molecular weight is 328 g/mol. The second kappa shape index (κ2) is 7.62. The number of nitrogens with one attached hydrogen (secondary N) is 2. The van der Waals surface area contributed by atoms with Crippen LogP contribution < -0.4 is 10.6 Å². The topological polar surface area (TPSA) is 59.0 Å². The van der Waals surface area contributed by atoms with E-state index in [2.05, 4.69) is 60.8 Å². The number of benzene rings is 1. The third-order valence-electron chi connectivity index (χ3n) is 4.37. The maximum absolute atomic E-state index is 12.6. The highest BCUT2D eigenvalue weighted by Gasteiger charge is 2.26. The molecule has 0 aliphatic carbocycles. The Hall–Kier alpha value is -2.14. The number of likely N-dealkylation sites (N-methyl/N-ethyl adjacent to an activating group) is 1. The van der Waals surface area contributed by atoms with E-state index in [1.807, 2.05) is 19.3 Å². The summed E-state index contributed by atoms with van der Waals surface area (Å²) in [6, 6.07) is 10.1. The van der Waals surface area contributed by atoms with E-state index in [-0.39, 0.29) is 23.4 Å². The Labute approximate surface area is 144 Å². The molecule has 2 unspecified atom stereocenters. The van der Waals surface area contributed by atoms with Crippen molar-refractivity contribution in [1.29, 1.82) is 0 Å². The van der Waals surface area contributed by atoms with Crippen LogP contribution in [0.15, 0.2) is 42.7 Å². The molecule has 1 amide bonds. The lowest BCUT2D eigenvalue weighted by atomic mass is 9.79. The summed E-state index contributed by atoms with van der Waals surface area (Å²) in [6.07, 6.45) is 4.45. The van der Waals surface area contributed by atoms with Crippen LogP contribution in [0, 0.1) is 0 Å². The number of hydrogen-bond donors (Lipinski definition) is 2. The quantitative estimate of drug-likeness (QED) is 0.821. The predicted molar refractivity (Wildman–Crippen MR) is 96.7 cm³/mol. The summed E-state index contributed by atoms with van der Waals surface area (Å²) in [4.78, 5) is 12.6. The van der Waals surface area contributed by atoms with Gasteiger partial charge in [0.05, 0.1) is 6.20 Å². The molecule has 1 aromatic heterocycles. The molecular weight excluding hydrogens is 300 g/mol. The number of carbonyl (C=O) groups is 1. The van der Waals surface area contributed by atoms with Crippen LogP contribution in [0.4, 0.5) is 0 Å². The van der Waals surface area contributed by atoms with Crippen LogP contribution in [0.5, 0.6) is 0 Å². The highest BCUT2D eigenvalue weighted by atomic mass is 16.2. The molecule has 1 aromatic carbocycles. The molecule has 1 heterocycles. The zero-order valence-corrected chi connectivity index (χ0v) is 15.2. The van der Waals surface area contributed by atoms with Crippen LogP contribution in [0.3, 0.4) is 0 Å². The zero-order valence-electron chi connectivity index (χ0n) is 15.2. The summed E-state index contributed by atoms with van der Waals surface area (Å²) in [5, 5.41) is 10.3. The third-order valence-corrected chi connectivity index (χ3v) is 4.37. The van der Waals surface area contributed by atoms with Gasteiger partial charge in [0, 0.05) is 24.8 Å². The molecule has 2 N–H and O–H groups in total. The minimum absolute atomic E-state index is 0.00258. The third kappa shape index (κ3) is 4.45. The van der Waals surface area contributed by atoms with Gasteiger partial charge in [-0.25, -0.2) is 0 Å². The van der Waals surface area contributed by atoms with E-state index in [4.69, 9.17) is 0 Å². The minimum atomic E-state index is -0.388. The average Bonchev–Trinajstić information content (AvgIpc) is 2.94. The lowest BCUT2D eigenvalue weighted by molar-refractivity contribution is -0.123. The summed E-state index contributed by atoms with van der Waals surface area (Å²) >= 11 is 0. The van der Waals surface area contributed by atoms with Gasteiger partial charge in [0.25, 0.3) is 0 Å². The Morgan fingerprint density at radius 3 is 2.50 bits per heavy atom. The standard InChI is InChI=1S/C19H28N4O/c1-14(11-19(2,3)16-9-7-6-8-10-16)22-18(24)17(20-4)15-12-21-23(5)13-15/h6-10,12-14,17,20H,11H2,1-5H3,(H,22,24). The van der Waals surface area contributed by atoms with Gasteiger partial charge in [0.2, 0.25) is 5.91 Å². The molecule has 0 aliphatic heterocycles. The summed E-state index contributed by atoms with van der Waals surface area (Å²) in [5.74, 6) is -0.0261. The molecule has 2 aromatic rings. The molecule has 5 nitrogen and oxygen atoms in total. The van der Waals surface area contributed by atoms with Gasteiger partial charge in [-0.05, 0) is 31.4 Å². The van der Waals surface area contributed by atoms with E-state index in [0.29, 0.717) is 0 Å². The van der Waals surface area contributed by atoms with Gasteiger partial charge in [-0.1, -0.05) is 44.2 Å². The van der Waals surface area contributed by atoms with E-state index >= 15 is 0 Å². The lowest BCUT2D eigenvalue weighted by Crippen LogP contribution is -2.42. The van der Waals surface area contributed by atoms with Gasteiger partial charge in [-0.3, -0.25) is 9.48 Å². The molecule has 0 aliphatic rings. The first-order valence-electron chi connectivity index (χ1n) is 8.35. The van der Waals surface area contributed by atoms with Crippen LogP contribution in [-0.4, -0.2) is 28.8 Å². The van der Waals surface area contributed by atoms with E-state index < -0.39 is 0 Å². The molecule has 24 heavy (non-hydrogen) atoms. The molecule has 130 valence electrons. The van der Waals surface area contributed by atoms with Crippen LogP contribution in [0.2, 0.25) is 0 Å². The Bertz CT molecular complexity index is 663. The number of amides is 1. The van der Waals surface area contributed by atoms with Crippen molar-refractivity contribution in [2.24, 2.45) is 7.05 Å². The first-order chi connectivity index (χ1) is 11.3. The predicted octanol–water partition coefficient (Wildman–Crippen LogP) is 2.55. The molecule has 0 bridgehead atoms. The molecule has 0 fully saturated rings. The van der Waals surface area contributed by atoms with Gasteiger partial charge in [-0.2, -0.15) is 5.10 Å². The maximum atomic E-state index is 12.6. The lowest BCUT2D eigenvalue weighted by Gasteiger charge is -2.30. The highest BCUT2D eigenvalue weighted by Crippen LogP contribution is 2.28. The number of nitrogens with zero attached hydrogens (tertiary/aromatic N) is 2. The monoisotopic (exact) mass is 328 g/mol. The van der Waals surface area contributed by atoms with Crippen molar-refractivity contribution >= 4 is 5.91 Å². The smallest absolute Gasteiger partial charge is 0.242 e. The van der Waals surface area contributed by atoms with E-state index in [9.17, 15) is 4.79 Å². The fraction of sp³-hybridized carbons (Fsp3) is 0.474. The number of hydrogen-bond acceptors (Lipinski definition) is 3. The van der Waals surface area contributed by atoms with Crippen LogP contribution >= 0.6 is 0 Å². The summed E-state index contributed by atoms with van der Waals surface area (Å²) in [7, 11) is 3.63. The molecule has 2 atom stereocenters. The number of aromatic nitrogens is 2. The summed E-state index contributed by atoms with van der Waals surface area (Å²) in [6.45, 7) is 6.47. The highest BCUT2D eigenvalue weighted by molar-refractivity contribution is 5.83. The Morgan fingerprint density at radius 2 is 1.96 bits per heavy atom. The zero-order chi connectivity index (χ0) is 17.7. The summed E-state index contributed by atoms with van der Waals surface area (Å²) in [5.41, 5.74) is 2.15. The molecule has 0 saturated carbocycles. The van der Waals surface area contributed by atoms with Gasteiger partial charge >= 0.3 is 0 Å². The maximum Gasteiger partial charge on any atom is 0.242 e. The Morgan fingerprint density at radius 1 is 1.29 bits per heavy atom. The van der Waals surface area contributed by atoms with Gasteiger partial charge in [0.1, 0.15) is 6.04 Å². The number of aryl methyl sites for hydroxylation is 1. The van der Waals surface area contributed by atoms with Crippen molar-refractivity contribution < 1.29 is 4.79 Å². The van der Waals surface area contributed by atoms with E-state index in [0.717, 1.165) is 12.0 Å². The van der Waals surface area contributed by atoms with Crippen molar-refractivity contribution in [1.82, 2.24) is 20.4 Å².